The fourth-order valence-corrected chi connectivity index (χ4v) is 2.81. The first-order chi connectivity index (χ1) is 12.7. The van der Waals surface area contributed by atoms with Crippen LogP contribution in [0, 0.1) is 0 Å². The van der Waals surface area contributed by atoms with Crippen LogP contribution in [0.25, 0.3) is 0 Å². The molecule has 0 spiro atoms. The van der Waals surface area contributed by atoms with Gasteiger partial charge in [-0.2, -0.15) is 0 Å². The summed E-state index contributed by atoms with van der Waals surface area (Å²) in [4.78, 5) is 2.13. The molecule has 0 amide bonds. The van der Waals surface area contributed by atoms with E-state index in [1.807, 2.05) is 42.5 Å². The fourth-order valence-electron chi connectivity index (χ4n) is 2.81. The number of benzene rings is 3. The average molecular weight is 347 g/mol. The molecule has 3 nitrogen and oxygen atoms in total. The molecular weight excluding hydrogens is 322 g/mol. The van der Waals surface area contributed by atoms with Crippen molar-refractivity contribution in [3.63, 3.8) is 0 Å². The average Bonchev–Trinajstić information content (AvgIpc) is 2.68. The van der Waals surface area contributed by atoms with E-state index in [0.29, 0.717) is 13.2 Å². The van der Waals surface area contributed by atoms with E-state index < -0.39 is 0 Å². The van der Waals surface area contributed by atoms with Gasteiger partial charge in [0, 0.05) is 26.2 Å². The van der Waals surface area contributed by atoms with Gasteiger partial charge in [-0.25, -0.2) is 0 Å². The molecule has 26 heavy (non-hydrogen) atoms. The van der Waals surface area contributed by atoms with Crippen LogP contribution in [-0.2, 0) is 13.0 Å². The molecule has 0 fully saturated rings. The zero-order valence-electron chi connectivity index (χ0n) is 15.4. The van der Waals surface area contributed by atoms with Crippen LogP contribution in [0.15, 0.2) is 78.9 Å². The summed E-state index contributed by atoms with van der Waals surface area (Å²) in [6.07, 6.45) is 0.876. The van der Waals surface area contributed by atoms with Gasteiger partial charge in [0.05, 0.1) is 6.61 Å². The maximum Gasteiger partial charge on any atom is 0.120 e. The Labute approximate surface area is 155 Å². The van der Waals surface area contributed by atoms with Crippen LogP contribution in [0.5, 0.6) is 11.5 Å². The van der Waals surface area contributed by atoms with Gasteiger partial charge in [0.2, 0.25) is 0 Å². The number of para-hydroxylation sites is 1. The van der Waals surface area contributed by atoms with Crippen molar-refractivity contribution in [2.45, 2.75) is 13.0 Å². The molecule has 0 bridgehead atoms. The molecule has 3 aromatic rings. The Morgan fingerprint density at radius 2 is 1.31 bits per heavy atom. The largest absolute Gasteiger partial charge is 0.493 e. The van der Waals surface area contributed by atoms with Gasteiger partial charge < -0.3 is 14.4 Å². The number of anilines is 1. The summed E-state index contributed by atoms with van der Waals surface area (Å²) in [6.45, 7) is 1.22. The summed E-state index contributed by atoms with van der Waals surface area (Å²) in [5, 5.41) is 0. The summed E-state index contributed by atoms with van der Waals surface area (Å²) < 4.78 is 11.7. The first kappa shape index (κ1) is 17.9. The SMILES string of the molecule is CN(C)c1ccccc1CCOc1ccc(OCc2ccccc2)cc1. The summed E-state index contributed by atoms with van der Waals surface area (Å²) in [7, 11) is 4.13. The van der Waals surface area contributed by atoms with Crippen molar-refractivity contribution in [2.75, 3.05) is 25.6 Å². The number of nitrogens with zero attached hydrogens (tertiary/aromatic N) is 1. The number of hydrogen-bond donors (Lipinski definition) is 0. The lowest BCUT2D eigenvalue weighted by Gasteiger charge is -2.17. The molecule has 3 heteroatoms. The monoisotopic (exact) mass is 347 g/mol. The van der Waals surface area contributed by atoms with Crippen molar-refractivity contribution in [2.24, 2.45) is 0 Å². The van der Waals surface area contributed by atoms with E-state index in [4.69, 9.17) is 9.47 Å². The summed E-state index contributed by atoms with van der Waals surface area (Å²) in [5.74, 6) is 1.71. The molecule has 134 valence electrons. The molecule has 0 aliphatic rings. The van der Waals surface area contributed by atoms with E-state index >= 15 is 0 Å². The fraction of sp³-hybridized carbons (Fsp3) is 0.217. The van der Waals surface area contributed by atoms with Crippen molar-refractivity contribution in [1.82, 2.24) is 0 Å². The van der Waals surface area contributed by atoms with Gasteiger partial charge in [-0.1, -0.05) is 48.5 Å². The highest BCUT2D eigenvalue weighted by Gasteiger charge is 2.04. The molecule has 0 aliphatic carbocycles. The highest BCUT2D eigenvalue weighted by atomic mass is 16.5. The van der Waals surface area contributed by atoms with Crippen LogP contribution >= 0.6 is 0 Å². The van der Waals surface area contributed by atoms with Crippen molar-refractivity contribution in [3.8, 4) is 11.5 Å². The smallest absolute Gasteiger partial charge is 0.120 e. The lowest BCUT2D eigenvalue weighted by Crippen LogP contribution is -2.12. The van der Waals surface area contributed by atoms with Crippen molar-refractivity contribution < 1.29 is 9.47 Å². The first-order valence-electron chi connectivity index (χ1n) is 8.87. The molecular formula is C23H25NO2. The van der Waals surface area contributed by atoms with E-state index in [1.165, 1.54) is 11.3 Å². The van der Waals surface area contributed by atoms with Crippen molar-refractivity contribution in [3.05, 3.63) is 90.0 Å². The molecule has 0 unspecified atom stereocenters. The predicted octanol–water partition coefficient (Wildman–Crippen LogP) is 4.95. The van der Waals surface area contributed by atoms with Crippen LogP contribution in [0.1, 0.15) is 11.1 Å². The Morgan fingerprint density at radius 3 is 2.00 bits per heavy atom. The normalized spacial score (nSPS) is 10.4. The second-order valence-corrected chi connectivity index (χ2v) is 6.37. The zero-order chi connectivity index (χ0) is 18.2. The first-order valence-corrected chi connectivity index (χ1v) is 8.87. The highest BCUT2D eigenvalue weighted by Crippen LogP contribution is 2.21. The third-order valence-corrected chi connectivity index (χ3v) is 4.19. The highest BCUT2D eigenvalue weighted by molar-refractivity contribution is 5.52. The molecule has 3 rings (SSSR count). The van der Waals surface area contributed by atoms with Gasteiger partial charge in [-0.15, -0.1) is 0 Å². The summed E-state index contributed by atoms with van der Waals surface area (Å²) >= 11 is 0. The lowest BCUT2D eigenvalue weighted by molar-refractivity contribution is 0.302. The molecule has 0 heterocycles. The zero-order valence-corrected chi connectivity index (χ0v) is 15.4. The molecule has 0 saturated heterocycles. The van der Waals surface area contributed by atoms with Gasteiger partial charge in [0.25, 0.3) is 0 Å². The third kappa shape index (κ3) is 5.03. The van der Waals surface area contributed by atoms with Crippen LogP contribution < -0.4 is 14.4 Å². The topological polar surface area (TPSA) is 21.7 Å². The molecule has 0 atom stereocenters. The van der Waals surface area contributed by atoms with Crippen molar-refractivity contribution in [1.29, 1.82) is 0 Å². The minimum atomic E-state index is 0.572. The quantitative estimate of drug-likeness (QED) is 0.575. The third-order valence-electron chi connectivity index (χ3n) is 4.19. The summed E-state index contributed by atoms with van der Waals surface area (Å²) in [6, 6.07) is 26.4. The Balaban J connectivity index is 1.49. The standard InChI is InChI=1S/C23H25NO2/c1-24(2)23-11-7-6-10-20(23)16-17-25-21-12-14-22(15-13-21)26-18-19-8-4-3-5-9-19/h3-15H,16-18H2,1-2H3. The van der Waals surface area contributed by atoms with E-state index in [-0.39, 0.29) is 0 Å². The van der Waals surface area contributed by atoms with E-state index in [9.17, 15) is 0 Å². The van der Waals surface area contributed by atoms with Gasteiger partial charge >= 0.3 is 0 Å². The molecule has 0 aromatic heterocycles. The van der Waals surface area contributed by atoms with E-state index in [2.05, 4.69) is 55.4 Å². The number of ether oxygens (including phenoxy) is 2. The molecule has 0 N–H and O–H groups in total. The van der Waals surface area contributed by atoms with E-state index in [0.717, 1.165) is 23.5 Å². The van der Waals surface area contributed by atoms with Crippen LogP contribution in [0.4, 0.5) is 5.69 Å². The predicted molar refractivity (Wildman–Crippen MR) is 107 cm³/mol. The van der Waals surface area contributed by atoms with Gasteiger partial charge in [0.1, 0.15) is 18.1 Å². The molecule has 0 saturated carbocycles. The van der Waals surface area contributed by atoms with Crippen LogP contribution in [-0.4, -0.2) is 20.7 Å². The van der Waals surface area contributed by atoms with Crippen LogP contribution in [0.3, 0.4) is 0 Å². The Kier molecular flexibility index (Phi) is 6.15. The maximum atomic E-state index is 5.89. The second kappa shape index (κ2) is 8.95. The van der Waals surface area contributed by atoms with Gasteiger partial charge in [-0.05, 0) is 41.5 Å². The minimum absolute atomic E-state index is 0.572. The second-order valence-electron chi connectivity index (χ2n) is 6.37. The molecule has 3 aromatic carbocycles. The molecule has 0 radical (unpaired) electrons. The van der Waals surface area contributed by atoms with E-state index in [1.54, 1.807) is 0 Å². The Bertz CT molecular complexity index is 798. The number of hydrogen-bond acceptors (Lipinski definition) is 3. The van der Waals surface area contributed by atoms with Gasteiger partial charge in [-0.3, -0.25) is 0 Å². The maximum absolute atomic E-state index is 5.89. The van der Waals surface area contributed by atoms with Crippen molar-refractivity contribution >= 4 is 5.69 Å². The Morgan fingerprint density at radius 1 is 0.692 bits per heavy atom. The van der Waals surface area contributed by atoms with Crippen LogP contribution in [0.2, 0.25) is 0 Å². The summed E-state index contributed by atoms with van der Waals surface area (Å²) in [5.41, 5.74) is 3.69. The molecule has 0 aliphatic heterocycles. The van der Waals surface area contributed by atoms with Gasteiger partial charge in [0.15, 0.2) is 0 Å². The minimum Gasteiger partial charge on any atom is -0.493 e. The lowest BCUT2D eigenvalue weighted by atomic mass is 10.1. The number of rotatable bonds is 8. The Hall–Kier alpha value is -2.94.